The van der Waals surface area contributed by atoms with Gasteiger partial charge in [-0.25, -0.2) is 19.2 Å². The van der Waals surface area contributed by atoms with Crippen molar-refractivity contribution in [1.29, 1.82) is 0 Å². The number of ether oxygens (including phenoxy) is 6. The Balaban J connectivity index is 2.53. The molecule has 1 fully saturated rings. The Morgan fingerprint density at radius 1 is 1.03 bits per heavy atom. The van der Waals surface area contributed by atoms with Gasteiger partial charge in [0.1, 0.15) is 18.8 Å². The average Bonchev–Trinajstić information content (AvgIpc) is 3.11. The SMILES string of the molecule is C=CCOC(=O)O[C@@H]1[C@H](OC(=O)OCC=C)[C@@H](C=O)O[C@H]1n1ccc(=O)n(C(=O)OC(C)(C)C)c1=O. The number of hydrogen-bond acceptors (Lipinski definition) is 12. The van der Waals surface area contributed by atoms with Gasteiger partial charge in [0.05, 0.1) is 0 Å². The van der Waals surface area contributed by atoms with Crippen molar-refractivity contribution in [2.75, 3.05) is 13.2 Å². The van der Waals surface area contributed by atoms with Crippen LogP contribution in [0, 0.1) is 0 Å². The highest BCUT2D eigenvalue weighted by Gasteiger charge is 2.52. The highest BCUT2D eigenvalue weighted by molar-refractivity contribution is 5.70. The zero-order chi connectivity index (χ0) is 27.0. The molecule has 1 aliphatic heterocycles. The van der Waals surface area contributed by atoms with Crippen molar-refractivity contribution in [3.8, 4) is 0 Å². The second-order valence-electron chi connectivity index (χ2n) is 8.15. The van der Waals surface area contributed by atoms with E-state index in [4.69, 9.17) is 28.4 Å². The van der Waals surface area contributed by atoms with Crippen LogP contribution in [-0.4, -0.2) is 71.0 Å². The number of carbonyl (C=O) groups excluding carboxylic acids is 4. The minimum Gasteiger partial charge on any atom is -0.443 e. The van der Waals surface area contributed by atoms with Crippen LogP contribution in [0.25, 0.3) is 0 Å². The van der Waals surface area contributed by atoms with Gasteiger partial charge in [-0.2, -0.15) is 4.57 Å². The molecule has 1 aromatic rings. The van der Waals surface area contributed by atoms with Crippen molar-refractivity contribution in [1.82, 2.24) is 9.13 Å². The summed E-state index contributed by atoms with van der Waals surface area (Å²) in [6.07, 6.45) is -6.56. The van der Waals surface area contributed by atoms with Gasteiger partial charge in [-0.05, 0) is 20.8 Å². The van der Waals surface area contributed by atoms with Gasteiger partial charge in [-0.3, -0.25) is 9.36 Å². The first-order chi connectivity index (χ1) is 16.9. The minimum atomic E-state index is -1.66. The van der Waals surface area contributed by atoms with E-state index in [0.717, 1.165) is 12.3 Å². The fourth-order valence-corrected chi connectivity index (χ4v) is 2.96. The van der Waals surface area contributed by atoms with Crippen LogP contribution in [0.15, 0.2) is 47.2 Å². The predicted octanol–water partition coefficient (Wildman–Crippen LogP) is 1.31. The van der Waals surface area contributed by atoms with E-state index >= 15 is 0 Å². The molecule has 0 aromatic carbocycles. The van der Waals surface area contributed by atoms with Gasteiger partial charge in [0.25, 0.3) is 5.56 Å². The summed E-state index contributed by atoms with van der Waals surface area (Å²) in [6, 6.07) is 0.851. The number of aromatic nitrogens is 2. The Kier molecular flexibility index (Phi) is 9.32. The molecule has 0 amide bonds. The molecule has 0 aliphatic carbocycles. The topological polar surface area (TPSA) is 168 Å². The number of nitrogens with zero attached hydrogens (tertiary/aromatic N) is 2. The highest BCUT2D eigenvalue weighted by atomic mass is 16.8. The quantitative estimate of drug-likeness (QED) is 0.213. The first-order valence-electron chi connectivity index (χ1n) is 10.5. The van der Waals surface area contributed by atoms with E-state index in [1.807, 2.05) is 0 Å². The van der Waals surface area contributed by atoms with Crippen LogP contribution in [0.4, 0.5) is 14.4 Å². The van der Waals surface area contributed by atoms with Crippen LogP contribution in [-0.2, 0) is 33.2 Å². The van der Waals surface area contributed by atoms with Gasteiger partial charge in [0, 0.05) is 12.3 Å². The maximum atomic E-state index is 13.1. The Morgan fingerprint density at radius 3 is 2.08 bits per heavy atom. The van der Waals surface area contributed by atoms with Crippen molar-refractivity contribution in [3.63, 3.8) is 0 Å². The molecule has 0 saturated carbocycles. The molecule has 14 heteroatoms. The summed E-state index contributed by atoms with van der Waals surface area (Å²) in [5, 5.41) is 0. The Morgan fingerprint density at radius 2 is 1.58 bits per heavy atom. The van der Waals surface area contributed by atoms with Gasteiger partial charge in [0.15, 0.2) is 30.8 Å². The second-order valence-corrected chi connectivity index (χ2v) is 8.15. The maximum absolute atomic E-state index is 13.1. The zero-order valence-electron chi connectivity index (χ0n) is 19.8. The van der Waals surface area contributed by atoms with Crippen molar-refractivity contribution < 1.29 is 47.6 Å². The van der Waals surface area contributed by atoms with Crippen LogP contribution in [0.3, 0.4) is 0 Å². The number of aldehydes is 1. The van der Waals surface area contributed by atoms with E-state index in [1.165, 1.54) is 32.9 Å². The van der Waals surface area contributed by atoms with Gasteiger partial charge >= 0.3 is 24.1 Å². The van der Waals surface area contributed by atoms with Crippen molar-refractivity contribution in [2.45, 2.75) is 50.9 Å². The summed E-state index contributed by atoms with van der Waals surface area (Å²) >= 11 is 0. The molecule has 196 valence electrons. The van der Waals surface area contributed by atoms with Gasteiger partial charge in [-0.1, -0.05) is 25.3 Å². The predicted molar refractivity (Wildman–Crippen MR) is 119 cm³/mol. The lowest BCUT2D eigenvalue weighted by Gasteiger charge is -2.24. The van der Waals surface area contributed by atoms with Crippen LogP contribution >= 0.6 is 0 Å². The molecule has 1 aliphatic rings. The number of rotatable bonds is 8. The lowest BCUT2D eigenvalue weighted by molar-refractivity contribution is -0.123. The van der Waals surface area contributed by atoms with Gasteiger partial charge < -0.3 is 33.2 Å². The van der Waals surface area contributed by atoms with Crippen molar-refractivity contribution in [3.05, 3.63) is 58.4 Å². The highest BCUT2D eigenvalue weighted by Crippen LogP contribution is 2.33. The lowest BCUT2D eigenvalue weighted by Crippen LogP contribution is -2.48. The Bertz CT molecular complexity index is 1130. The Labute approximate surface area is 204 Å². The number of carbonyl (C=O) groups is 4. The molecule has 0 spiro atoms. The summed E-state index contributed by atoms with van der Waals surface area (Å²) in [6.45, 7) is 10.9. The van der Waals surface area contributed by atoms with Gasteiger partial charge in [-0.15, -0.1) is 0 Å². The fourth-order valence-electron chi connectivity index (χ4n) is 2.96. The van der Waals surface area contributed by atoms with E-state index in [0.29, 0.717) is 4.57 Å². The van der Waals surface area contributed by atoms with Crippen molar-refractivity contribution >= 4 is 24.7 Å². The summed E-state index contributed by atoms with van der Waals surface area (Å²) < 4.78 is 31.3. The molecular formula is C22H26N2O12. The normalized spacial score (nSPS) is 21.1. The minimum absolute atomic E-state index is 0.185. The molecule has 1 aromatic heterocycles. The van der Waals surface area contributed by atoms with E-state index in [2.05, 4.69) is 13.2 Å². The summed E-state index contributed by atoms with van der Waals surface area (Å²) in [4.78, 5) is 73.8. The molecule has 2 rings (SSSR count). The third-order valence-corrected chi connectivity index (χ3v) is 4.32. The summed E-state index contributed by atoms with van der Waals surface area (Å²) in [5.41, 5.74) is -3.30. The number of hydrogen-bond donors (Lipinski definition) is 0. The Hall–Kier alpha value is -4.20. The molecule has 0 radical (unpaired) electrons. The maximum Gasteiger partial charge on any atom is 0.509 e. The largest absolute Gasteiger partial charge is 0.509 e. The zero-order valence-corrected chi connectivity index (χ0v) is 19.8. The molecule has 36 heavy (non-hydrogen) atoms. The molecule has 0 bridgehead atoms. The molecule has 4 atom stereocenters. The van der Waals surface area contributed by atoms with E-state index in [9.17, 15) is 28.8 Å². The molecule has 0 N–H and O–H groups in total. The van der Waals surface area contributed by atoms with E-state index in [-0.39, 0.29) is 24.1 Å². The monoisotopic (exact) mass is 510 g/mol. The summed E-state index contributed by atoms with van der Waals surface area (Å²) in [7, 11) is 0. The van der Waals surface area contributed by atoms with Crippen LogP contribution < -0.4 is 11.2 Å². The van der Waals surface area contributed by atoms with Crippen LogP contribution in [0.2, 0.25) is 0 Å². The van der Waals surface area contributed by atoms with Gasteiger partial charge in [0.2, 0.25) is 0 Å². The molecule has 1 saturated heterocycles. The van der Waals surface area contributed by atoms with Crippen LogP contribution in [0.5, 0.6) is 0 Å². The third-order valence-electron chi connectivity index (χ3n) is 4.32. The third kappa shape index (κ3) is 6.91. The first kappa shape index (κ1) is 28.0. The molecular weight excluding hydrogens is 484 g/mol. The lowest BCUT2D eigenvalue weighted by atomic mass is 10.1. The molecule has 0 unspecified atom stereocenters. The first-order valence-corrected chi connectivity index (χ1v) is 10.5. The van der Waals surface area contributed by atoms with E-state index in [1.54, 1.807) is 0 Å². The average molecular weight is 510 g/mol. The van der Waals surface area contributed by atoms with E-state index < -0.39 is 59.8 Å². The van der Waals surface area contributed by atoms with Crippen LogP contribution in [0.1, 0.15) is 27.0 Å². The molecule has 14 nitrogen and oxygen atoms in total. The standard InChI is InChI=1S/C22H26N2O12/c1-6-10-31-20(29)34-15-13(12-25)33-17(16(15)35-21(30)32-11-7-2)23-9-8-14(26)24(18(23)27)19(28)36-22(3,4)5/h6-9,12-13,15-17H,1-2,10-11H2,3-5H3/t13-,15-,16-,17-/m1/s1. The smallest absolute Gasteiger partial charge is 0.443 e. The van der Waals surface area contributed by atoms with Crippen molar-refractivity contribution in [2.24, 2.45) is 0 Å². The summed E-state index contributed by atoms with van der Waals surface area (Å²) in [5.74, 6) is 0. The second kappa shape index (κ2) is 12.0. The fraction of sp³-hybridized carbons (Fsp3) is 0.455. The molecule has 2 heterocycles.